The Labute approximate surface area is 141 Å². The van der Waals surface area contributed by atoms with Gasteiger partial charge in [-0.25, -0.2) is 0 Å². The van der Waals surface area contributed by atoms with E-state index >= 15 is 0 Å². The van der Waals surface area contributed by atoms with Crippen LogP contribution in [0.1, 0.15) is 61.1 Å². The van der Waals surface area contributed by atoms with E-state index in [1.807, 2.05) is 0 Å². The van der Waals surface area contributed by atoms with Crippen molar-refractivity contribution in [3.05, 3.63) is 58.2 Å². The van der Waals surface area contributed by atoms with Crippen LogP contribution in [-0.4, -0.2) is 24.5 Å². The van der Waals surface area contributed by atoms with Crippen LogP contribution in [0.15, 0.2) is 41.5 Å². The maximum Gasteiger partial charge on any atom is 0.00690 e. The smallest absolute Gasteiger partial charge is 0.00690 e. The lowest BCUT2D eigenvalue weighted by atomic mass is 9.81. The van der Waals surface area contributed by atoms with E-state index in [1.165, 1.54) is 70.1 Å². The minimum absolute atomic E-state index is 0.660. The summed E-state index contributed by atoms with van der Waals surface area (Å²) in [6, 6.07) is 7.01. The van der Waals surface area contributed by atoms with E-state index in [2.05, 4.69) is 42.2 Å². The minimum Gasteiger partial charge on any atom is -0.303 e. The number of hydrogen-bond donors (Lipinski definition) is 0. The zero-order valence-electron chi connectivity index (χ0n) is 14.5. The van der Waals surface area contributed by atoms with Crippen LogP contribution in [0.4, 0.5) is 0 Å². The first-order valence-electron chi connectivity index (χ1n) is 9.49. The Morgan fingerprint density at radius 2 is 1.87 bits per heavy atom. The summed E-state index contributed by atoms with van der Waals surface area (Å²) in [4.78, 5) is 2.68. The van der Waals surface area contributed by atoms with Gasteiger partial charge in [-0.1, -0.05) is 41.5 Å². The molecule has 1 heterocycles. The summed E-state index contributed by atoms with van der Waals surface area (Å²) in [5.74, 6) is 0.660. The fourth-order valence-corrected chi connectivity index (χ4v) is 4.87. The third kappa shape index (κ3) is 3.04. The first-order valence-corrected chi connectivity index (χ1v) is 9.49. The minimum atomic E-state index is 0.660. The van der Waals surface area contributed by atoms with Crippen molar-refractivity contribution in [2.75, 3.05) is 19.6 Å². The number of aryl methyl sites for hydroxylation is 1. The number of hydrogen-bond acceptors (Lipinski definition) is 1. The van der Waals surface area contributed by atoms with Gasteiger partial charge < -0.3 is 4.90 Å². The molecule has 1 aliphatic heterocycles. The lowest BCUT2D eigenvalue weighted by molar-refractivity contribution is 0.326. The third-order valence-electron chi connectivity index (χ3n) is 6.17. The number of benzene rings is 1. The van der Waals surface area contributed by atoms with Crippen molar-refractivity contribution < 1.29 is 0 Å². The quantitative estimate of drug-likeness (QED) is 0.697. The van der Waals surface area contributed by atoms with Crippen LogP contribution < -0.4 is 0 Å². The third-order valence-corrected chi connectivity index (χ3v) is 6.17. The maximum absolute atomic E-state index is 2.68. The average Bonchev–Trinajstić information content (AvgIpc) is 3.03. The highest BCUT2D eigenvalue weighted by atomic mass is 15.1. The van der Waals surface area contributed by atoms with Crippen molar-refractivity contribution in [3.63, 3.8) is 0 Å². The van der Waals surface area contributed by atoms with E-state index in [0.29, 0.717) is 5.92 Å². The Morgan fingerprint density at radius 3 is 2.74 bits per heavy atom. The molecule has 1 aromatic carbocycles. The monoisotopic (exact) mass is 307 g/mol. The lowest BCUT2D eigenvalue weighted by Gasteiger charge is -2.27. The van der Waals surface area contributed by atoms with Gasteiger partial charge >= 0.3 is 0 Å². The fraction of sp³-hybridized carbons (Fsp3) is 0.545. The SMILES string of the molecule is Cc1cccc2c1CCC1=C(CC=CC1)C2CCN1CCCC1. The Kier molecular flexibility index (Phi) is 4.39. The van der Waals surface area contributed by atoms with Gasteiger partial charge in [-0.05, 0) is 88.2 Å². The Hall–Kier alpha value is -1.34. The van der Waals surface area contributed by atoms with Crippen molar-refractivity contribution in [2.45, 2.75) is 57.8 Å². The van der Waals surface area contributed by atoms with Gasteiger partial charge in [0, 0.05) is 5.92 Å². The zero-order valence-corrected chi connectivity index (χ0v) is 14.5. The first-order chi connectivity index (χ1) is 11.3. The zero-order chi connectivity index (χ0) is 15.6. The van der Waals surface area contributed by atoms with Crippen molar-refractivity contribution in [1.29, 1.82) is 0 Å². The summed E-state index contributed by atoms with van der Waals surface area (Å²) in [6.07, 6.45) is 13.8. The molecule has 2 aliphatic carbocycles. The molecule has 1 fully saturated rings. The maximum atomic E-state index is 2.68. The van der Waals surface area contributed by atoms with Crippen LogP contribution in [0.3, 0.4) is 0 Å². The highest BCUT2D eigenvalue weighted by molar-refractivity contribution is 5.46. The molecule has 3 aliphatic rings. The van der Waals surface area contributed by atoms with Gasteiger partial charge in [-0.3, -0.25) is 0 Å². The molecule has 1 heteroatoms. The number of fused-ring (bicyclic) bond motifs is 1. The molecule has 23 heavy (non-hydrogen) atoms. The Bertz CT molecular complexity index is 631. The van der Waals surface area contributed by atoms with E-state index in [0.717, 1.165) is 0 Å². The van der Waals surface area contributed by atoms with Gasteiger partial charge in [0.05, 0.1) is 0 Å². The van der Waals surface area contributed by atoms with Gasteiger partial charge in [0.25, 0.3) is 0 Å². The van der Waals surface area contributed by atoms with E-state index in [4.69, 9.17) is 0 Å². The van der Waals surface area contributed by atoms with E-state index in [-0.39, 0.29) is 0 Å². The van der Waals surface area contributed by atoms with E-state index in [1.54, 1.807) is 22.3 Å². The summed E-state index contributed by atoms with van der Waals surface area (Å²) in [6.45, 7) is 6.22. The molecule has 0 aromatic heterocycles. The van der Waals surface area contributed by atoms with Crippen molar-refractivity contribution in [3.8, 4) is 0 Å². The van der Waals surface area contributed by atoms with Crippen molar-refractivity contribution >= 4 is 0 Å². The molecule has 1 aromatic rings. The predicted octanol–water partition coefficient (Wildman–Crippen LogP) is 5.16. The normalized spacial score (nSPS) is 24.5. The highest BCUT2D eigenvalue weighted by Crippen LogP contribution is 2.42. The standard InChI is InChI=1S/C22H29N/c1-17-7-6-10-21-19(17)12-11-18-8-2-3-9-20(18)22(21)13-16-23-14-4-5-15-23/h2-3,6-7,10,22H,4-5,8-9,11-16H2,1H3. The second-order valence-corrected chi connectivity index (χ2v) is 7.54. The van der Waals surface area contributed by atoms with Gasteiger partial charge in [0.2, 0.25) is 0 Å². The summed E-state index contributed by atoms with van der Waals surface area (Å²) in [5, 5.41) is 0. The van der Waals surface area contributed by atoms with Crippen molar-refractivity contribution in [2.24, 2.45) is 0 Å². The second-order valence-electron chi connectivity index (χ2n) is 7.54. The molecule has 0 amide bonds. The Balaban J connectivity index is 1.66. The number of likely N-dealkylation sites (tertiary alicyclic amines) is 1. The molecule has 0 radical (unpaired) electrons. The molecular formula is C22H29N. The number of nitrogens with zero attached hydrogens (tertiary/aromatic N) is 1. The second kappa shape index (κ2) is 6.65. The molecule has 1 saturated heterocycles. The number of rotatable bonds is 3. The summed E-state index contributed by atoms with van der Waals surface area (Å²) in [5.41, 5.74) is 8.30. The Morgan fingerprint density at radius 1 is 1.04 bits per heavy atom. The van der Waals surface area contributed by atoms with Crippen LogP contribution in [-0.2, 0) is 6.42 Å². The van der Waals surface area contributed by atoms with Gasteiger partial charge in [-0.15, -0.1) is 0 Å². The average molecular weight is 307 g/mol. The molecule has 0 bridgehead atoms. The summed E-state index contributed by atoms with van der Waals surface area (Å²) >= 11 is 0. The van der Waals surface area contributed by atoms with Crippen LogP contribution in [0.25, 0.3) is 0 Å². The molecule has 1 nitrogen and oxygen atoms in total. The molecule has 1 unspecified atom stereocenters. The fourth-order valence-electron chi connectivity index (χ4n) is 4.87. The molecule has 0 spiro atoms. The van der Waals surface area contributed by atoms with Gasteiger partial charge in [-0.2, -0.15) is 0 Å². The van der Waals surface area contributed by atoms with Crippen LogP contribution in [0.2, 0.25) is 0 Å². The van der Waals surface area contributed by atoms with Crippen LogP contribution in [0, 0.1) is 6.92 Å². The highest BCUT2D eigenvalue weighted by Gasteiger charge is 2.27. The molecule has 122 valence electrons. The van der Waals surface area contributed by atoms with E-state index < -0.39 is 0 Å². The largest absolute Gasteiger partial charge is 0.303 e. The summed E-state index contributed by atoms with van der Waals surface area (Å²) in [7, 11) is 0. The first kappa shape index (κ1) is 15.2. The summed E-state index contributed by atoms with van der Waals surface area (Å²) < 4.78 is 0. The molecule has 1 atom stereocenters. The molecule has 0 N–H and O–H groups in total. The predicted molar refractivity (Wildman–Crippen MR) is 97.9 cm³/mol. The van der Waals surface area contributed by atoms with Gasteiger partial charge in [0.15, 0.2) is 0 Å². The van der Waals surface area contributed by atoms with Crippen LogP contribution >= 0.6 is 0 Å². The van der Waals surface area contributed by atoms with E-state index in [9.17, 15) is 0 Å². The molecule has 0 saturated carbocycles. The molecule has 4 rings (SSSR count). The topological polar surface area (TPSA) is 3.24 Å². The van der Waals surface area contributed by atoms with Gasteiger partial charge in [0.1, 0.15) is 0 Å². The van der Waals surface area contributed by atoms with Crippen LogP contribution in [0.5, 0.6) is 0 Å². The number of allylic oxidation sites excluding steroid dienone is 4. The lowest BCUT2D eigenvalue weighted by Crippen LogP contribution is -2.23. The molecular weight excluding hydrogens is 278 g/mol. The van der Waals surface area contributed by atoms with Crippen molar-refractivity contribution in [1.82, 2.24) is 4.90 Å².